The van der Waals surface area contributed by atoms with Crippen LogP contribution >= 0.6 is 0 Å². The number of para-hydroxylation sites is 1. The molecule has 4 rings (SSSR count). The topological polar surface area (TPSA) is 39.3 Å². The summed E-state index contributed by atoms with van der Waals surface area (Å²) in [7, 11) is 0. The normalized spacial score (nSPS) is 15.3. The molecular formula is C24H29N3O. The number of aromatic amines is 1. The van der Waals surface area contributed by atoms with Gasteiger partial charge in [-0.3, -0.25) is 4.79 Å². The molecule has 2 heterocycles. The van der Waals surface area contributed by atoms with Crippen LogP contribution in [-0.4, -0.2) is 42.0 Å². The van der Waals surface area contributed by atoms with Crippen molar-refractivity contribution in [2.45, 2.75) is 33.1 Å². The summed E-state index contributed by atoms with van der Waals surface area (Å²) in [5, 5.41) is 1.15. The van der Waals surface area contributed by atoms with E-state index in [1.54, 1.807) is 0 Å². The summed E-state index contributed by atoms with van der Waals surface area (Å²) in [5.41, 5.74) is 5.26. The molecule has 1 aliphatic rings. The molecule has 2 aromatic carbocycles. The van der Waals surface area contributed by atoms with E-state index >= 15 is 0 Å². The maximum absolute atomic E-state index is 13.5. The number of carbonyl (C=O) groups is 1. The number of nitrogens with zero attached hydrogens (tertiary/aromatic N) is 2. The van der Waals surface area contributed by atoms with Gasteiger partial charge in [0.05, 0.1) is 5.41 Å². The summed E-state index contributed by atoms with van der Waals surface area (Å²) in [4.78, 5) is 21.4. The molecule has 0 aliphatic carbocycles. The summed E-state index contributed by atoms with van der Waals surface area (Å²) >= 11 is 0. The molecule has 0 atom stereocenters. The summed E-state index contributed by atoms with van der Waals surface area (Å²) in [6, 6.07) is 16.9. The number of anilines is 1. The van der Waals surface area contributed by atoms with E-state index in [9.17, 15) is 4.79 Å². The summed E-state index contributed by atoms with van der Waals surface area (Å²) < 4.78 is 0. The number of hydrogen-bond donors (Lipinski definition) is 1. The third kappa shape index (κ3) is 3.17. The van der Waals surface area contributed by atoms with Gasteiger partial charge in [0, 0.05) is 48.5 Å². The molecule has 1 amide bonds. The standard InChI is InChI=1S/C24H29N3O/c1-17-8-7-9-19(16-17)26-12-14-27(15-13-26)23(28)24(3,4)22-18(2)25-21-11-6-5-10-20(21)22/h5-11,16,25H,12-15H2,1-4H3. The van der Waals surface area contributed by atoms with Gasteiger partial charge in [-0.2, -0.15) is 0 Å². The molecule has 4 heteroatoms. The zero-order valence-corrected chi connectivity index (χ0v) is 17.2. The van der Waals surface area contributed by atoms with Gasteiger partial charge < -0.3 is 14.8 Å². The number of piperazine rings is 1. The smallest absolute Gasteiger partial charge is 0.232 e. The van der Waals surface area contributed by atoms with Gasteiger partial charge in [-0.15, -0.1) is 0 Å². The third-order valence-corrected chi connectivity index (χ3v) is 5.99. The highest BCUT2D eigenvalue weighted by atomic mass is 16.2. The molecule has 1 fully saturated rings. The zero-order valence-electron chi connectivity index (χ0n) is 17.2. The van der Waals surface area contributed by atoms with Gasteiger partial charge in [0.15, 0.2) is 0 Å². The Hall–Kier alpha value is -2.75. The number of benzene rings is 2. The van der Waals surface area contributed by atoms with Gasteiger partial charge in [-0.1, -0.05) is 30.3 Å². The van der Waals surface area contributed by atoms with Crippen LogP contribution in [0.1, 0.15) is 30.7 Å². The highest BCUT2D eigenvalue weighted by Crippen LogP contribution is 2.35. The number of carbonyl (C=O) groups excluding carboxylic acids is 1. The largest absolute Gasteiger partial charge is 0.368 e. The van der Waals surface area contributed by atoms with Crippen molar-refractivity contribution in [3.63, 3.8) is 0 Å². The Bertz CT molecular complexity index is 1010. The minimum atomic E-state index is -0.560. The van der Waals surface area contributed by atoms with Gasteiger partial charge in [0.2, 0.25) is 5.91 Å². The summed E-state index contributed by atoms with van der Waals surface area (Å²) in [5.74, 6) is 0.212. The van der Waals surface area contributed by atoms with Gasteiger partial charge in [-0.25, -0.2) is 0 Å². The van der Waals surface area contributed by atoms with Crippen molar-refractivity contribution in [3.8, 4) is 0 Å². The number of nitrogens with one attached hydrogen (secondary N) is 1. The van der Waals surface area contributed by atoms with E-state index in [2.05, 4.69) is 74.0 Å². The molecule has 0 bridgehead atoms. The number of fused-ring (bicyclic) bond motifs is 1. The molecule has 4 nitrogen and oxygen atoms in total. The molecule has 0 radical (unpaired) electrons. The second-order valence-electron chi connectivity index (χ2n) is 8.41. The van der Waals surface area contributed by atoms with E-state index in [0.717, 1.165) is 48.3 Å². The third-order valence-electron chi connectivity index (χ3n) is 5.99. The maximum Gasteiger partial charge on any atom is 0.232 e. The van der Waals surface area contributed by atoms with Crippen molar-refractivity contribution in [1.29, 1.82) is 0 Å². The van der Waals surface area contributed by atoms with Gasteiger partial charge in [0.1, 0.15) is 0 Å². The van der Waals surface area contributed by atoms with E-state index < -0.39 is 5.41 Å². The maximum atomic E-state index is 13.5. The number of rotatable bonds is 3. The van der Waals surface area contributed by atoms with Crippen LogP contribution in [0.15, 0.2) is 48.5 Å². The first-order valence-corrected chi connectivity index (χ1v) is 10.1. The Morgan fingerprint density at radius 2 is 1.68 bits per heavy atom. The molecule has 3 aromatic rings. The van der Waals surface area contributed by atoms with E-state index in [1.807, 2.05) is 17.0 Å². The van der Waals surface area contributed by atoms with Crippen LogP contribution in [0.2, 0.25) is 0 Å². The second-order valence-corrected chi connectivity index (χ2v) is 8.41. The fraction of sp³-hybridized carbons (Fsp3) is 0.375. The van der Waals surface area contributed by atoms with E-state index in [1.165, 1.54) is 11.3 Å². The Labute approximate surface area is 167 Å². The SMILES string of the molecule is Cc1cccc(N2CCN(C(=O)C(C)(C)c3c(C)[nH]c4ccccc34)CC2)c1. The Morgan fingerprint density at radius 3 is 2.39 bits per heavy atom. The fourth-order valence-electron chi connectivity index (χ4n) is 4.58. The quantitative estimate of drug-likeness (QED) is 0.736. The first-order chi connectivity index (χ1) is 13.4. The lowest BCUT2D eigenvalue weighted by atomic mass is 9.81. The average Bonchev–Trinajstić information content (AvgIpc) is 3.04. The van der Waals surface area contributed by atoms with Crippen LogP contribution < -0.4 is 4.90 Å². The number of hydrogen-bond acceptors (Lipinski definition) is 2. The number of aromatic nitrogens is 1. The highest BCUT2D eigenvalue weighted by molar-refractivity contribution is 5.95. The lowest BCUT2D eigenvalue weighted by Crippen LogP contribution is -2.53. The molecular weight excluding hydrogens is 346 g/mol. The van der Waals surface area contributed by atoms with Crippen LogP contribution in [0.25, 0.3) is 10.9 Å². The summed E-state index contributed by atoms with van der Waals surface area (Å²) in [6.45, 7) is 11.6. The second kappa shape index (κ2) is 7.01. The number of H-pyrrole nitrogens is 1. The average molecular weight is 376 g/mol. The van der Waals surface area contributed by atoms with Gasteiger partial charge in [0.25, 0.3) is 0 Å². The van der Waals surface area contributed by atoms with E-state index in [0.29, 0.717) is 0 Å². The number of aryl methyl sites for hydroxylation is 2. The minimum Gasteiger partial charge on any atom is -0.368 e. The van der Waals surface area contributed by atoms with Crippen molar-refractivity contribution >= 4 is 22.5 Å². The van der Waals surface area contributed by atoms with Crippen molar-refractivity contribution in [2.24, 2.45) is 0 Å². The summed E-state index contributed by atoms with van der Waals surface area (Å²) in [6.07, 6.45) is 0. The van der Waals surface area contributed by atoms with E-state index in [4.69, 9.17) is 0 Å². The first-order valence-electron chi connectivity index (χ1n) is 10.1. The monoisotopic (exact) mass is 375 g/mol. The minimum absolute atomic E-state index is 0.212. The zero-order chi connectivity index (χ0) is 19.9. The molecule has 0 saturated carbocycles. The predicted octanol–water partition coefficient (Wildman–Crippen LogP) is 4.41. The van der Waals surface area contributed by atoms with Crippen molar-refractivity contribution in [3.05, 3.63) is 65.4 Å². The molecule has 0 spiro atoms. The molecule has 0 unspecified atom stereocenters. The van der Waals surface area contributed by atoms with Crippen LogP contribution in [-0.2, 0) is 10.2 Å². The van der Waals surface area contributed by atoms with Gasteiger partial charge in [-0.05, 0) is 57.0 Å². The van der Waals surface area contributed by atoms with Crippen molar-refractivity contribution in [1.82, 2.24) is 9.88 Å². The molecule has 1 N–H and O–H groups in total. The van der Waals surface area contributed by atoms with Crippen LogP contribution in [0.5, 0.6) is 0 Å². The Morgan fingerprint density at radius 1 is 0.964 bits per heavy atom. The molecule has 146 valence electrons. The Balaban J connectivity index is 1.54. The molecule has 1 saturated heterocycles. The van der Waals surface area contributed by atoms with Crippen LogP contribution in [0.4, 0.5) is 5.69 Å². The Kier molecular flexibility index (Phi) is 4.66. The predicted molar refractivity (Wildman–Crippen MR) is 116 cm³/mol. The first kappa shape index (κ1) is 18.6. The molecule has 1 aliphatic heterocycles. The van der Waals surface area contributed by atoms with E-state index in [-0.39, 0.29) is 5.91 Å². The van der Waals surface area contributed by atoms with Crippen LogP contribution in [0.3, 0.4) is 0 Å². The molecule has 1 aromatic heterocycles. The lowest BCUT2D eigenvalue weighted by Gasteiger charge is -2.39. The molecule has 28 heavy (non-hydrogen) atoms. The van der Waals surface area contributed by atoms with Gasteiger partial charge >= 0.3 is 0 Å². The number of amides is 1. The van der Waals surface area contributed by atoms with Crippen molar-refractivity contribution < 1.29 is 4.79 Å². The lowest BCUT2D eigenvalue weighted by molar-refractivity contribution is -0.136. The van der Waals surface area contributed by atoms with Crippen molar-refractivity contribution in [2.75, 3.05) is 31.1 Å². The van der Waals surface area contributed by atoms with Crippen LogP contribution in [0, 0.1) is 13.8 Å². The highest BCUT2D eigenvalue weighted by Gasteiger charge is 2.38. The fourth-order valence-corrected chi connectivity index (χ4v) is 4.58.